The van der Waals surface area contributed by atoms with Crippen LogP contribution in [0.5, 0.6) is 0 Å². The molecule has 0 aromatic rings. The summed E-state index contributed by atoms with van der Waals surface area (Å²) in [5.41, 5.74) is 11.3. The quantitative estimate of drug-likeness (QED) is 0.240. The molecule has 0 spiro atoms. The van der Waals surface area contributed by atoms with E-state index in [1.54, 1.807) is 21.6 Å². The fourth-order valence-electron chi connectivity index (χ4n) is 1.05. The average Bonchev–Trinajstić information content (AvgIpc) is 2.20. The van der Waals surface area contributed by atoms with E-state index in [-0.39, 0.29) is 23.6 Å². The summed E-state index contributed by atoms with van der Waals surface area (Å²) < 4.78 is 38.2. The van der Waals surface area contributed by atoms with Gasteiger partial charge in [0.15, 0.2) is 22.2 Å². The zero-order valence-corrected chi connectivity index (χ0v) is 13.2. The first-order valence-electron chi connectivity index (χ1n) is 5.32. The first kappa shape index (κ1) is 18.8. The van der Waals surface area contributed by atoms with Crippen molar-refractivity contribution in [3.63, 3.8) is 0 Å². The van der Waals surface area contributed by atoms with E-state index in [1.807, 2.05) is 0 Å². The first-order chi connectivity index (χ1) is 8.41. The fraction of sp³-hybridized carbons (Fsp3) is 1.00. The van der Waals surface area contributed by atoms with Crippen LogP contribution in [0.1, 0.15) is 12.8 Å². The Morgan fingerprint density at radius 1 is 0.889 bits per heavy atom. The third-order valence-electron chi connectivity index (χ3n) is 1.94. The van der Waals surface area contributed by atoms with E-state index in [0.29, 0.717) is 12.8 Å². The van der Waals surface area contributed by atoms with Gasteiger partial charge in [0.25, 0.3) is 0 Å². The van der Waals surface area contributed by atoms with Crippen molar-refractivity contribution >= 4 is 43.7 Å². The summed E-state index contributed by atoms with van der Waals surface area (Å²) in [6.07, 6.45) is 1.38. The van der Waals surface area contributed by atoms with E-state index in [2.05, 4.69) is 0 Å². The van der Waals surface area contributed by atoms with Crippen molar-refractivity contribution in [3.05, 3.63) is 0 Å². The summed E-state index contributed by atoms with van der Waals surface area (Å²) >= 11 is -3.65. The molecule has 0 saturated heterocycles. The van der Waals surface area contributed by atoms with Crippen molar-refractivity contribution in [2.24, 2.45) is 11.5 Å². The zero-order valence-electron chi connectivity index (χ0n) is 9.90. The third kappa shape index (κ3) is 13.3. The minimum atomic E-state index is -1.83. The van der Waals surface area contributed by atoms with Gasteiger partial charge < -0.3 is 20.6 Å². The molecule has 0 saturated carbocycles. The van der Waals surface area contributed by atoms with Gasteiger partial charge in [-0.15, -0.1) is 0 Å². The smallest absolute Gasteiger partial charge is 0.154 e. The topological polar surface area (TPSA) is 127 Å². The van der Waals surface area contributed by atoms with Crippen LogP contribution in [0.2, 0.25) is 0 Å². The maximum Gasteiger partial charge on any atom is 0.154 e. The minimum absolute atomic E-state index is 0.110. The van der Waals surface area contributed by atoms with Crippen LogP contribution in [-0.2, 0) is 22.2 Å². The van der Waals surface area contributed by atoms with Gasteiger partial charge in [-0.25, -0.2) is 8.42 Å². The Hall–Kier alpha value is 0.840. The van der Waals surface area contributed by atoms with Gasteiger partial charge in [0.1, 0.15) is 0 Å². The summed E-state index contributed by atoms with van der Waals surface area (Å²) in [6, 6.07) is -0.494. The molecular weight excluding hydrogens is 316 g/mol. The van der Waals surface area contributed by atoms with E-state index in [0.717, 1.165) is 11.5 Å². The molecule has 0 aliphatic heterocycles. The molecule has 0 aromatic carbocycles. The largest absolute Gasteiger partial charge is 0.327 e. The Labute approximate surface area is 120 Å². The van der Waals surface area contributed by atoms with Gasteiger partial charge in [-0.2, -0.15) is 0 Å². The molecule has 6 N–H and O–H groups in total. The first-order valence-corrected chi connectivity index (χ1v) is 10.4. The van der Waals surface area contributed by atoms with E-state index in [1.165, 1.54) is 0 Å². The molecule has 0 amide bonds. The molecule has 0 bridgehead atoms. The number of rotatable bonds is 11. The predicted molar refractivity (Wildman–Crippen MR) is 81.4 cm³/mol. The lowest BCUT2D eigenvalue weighted by molar-refractivity contribution is 0.552. The minimum Gasteiger partial charge on any atom is -0.327 e. The fourth-order valence-corrected chi connectivity index (χ4v) is 4.43. The van der Waals surface area contributed by atoms with Crippen molar-refractivity contribution in [1.82, 2.24) is 0 Å². The van der Waals surface area contributed by atoms with Gasteiger partial charge in [0, 0.05) is 23.6 Å². The van der Waals surface area contributed by atoms with Crippen LogP contribution in [-0.4, -0.2) is 52.6 Å². The molecule has 0 fully saturated rings. The molecule has 0 rings (SSSR count). The standard InChI is InChI=1S/C8H20N2O4S4/c9-7(5-17(11)12)1-3-15-16-4-2-8(10)6-18(13)14/h7-8H,1-6,9-10H2,(H,11,12)(H,13,14). The van der Waals surface area contributed by atoms with Gasteiger partial charge in [0.05, 0.1) is 11.5 Å². The number of nitrogens with two attached hydrogens (primary N) is 2. The van der Waals surface area contributed by atoms with Gasteiger partial charge in [-0.3, -0.25) is 0 Å². The summed E-state index contributed by atoms with van der Waals surface area (Å²) in [7, 11) is 3.26. The van der Waals surface area contributed by atoms with Crippen LogP contribution < -0.4 is 11.5 Å². The average molecular weight is 337 g/mol. The second-order valence-corrected chi connectivity index (χ2v) is 8.37. The lowest BCUT2D eigenvalue weighted by Gasteiger charge is -2.09. The lowest BCUT2D eigenvalue weighted by Crippen LogP contribution is -2.27. The van der Waals surface area contributed by atoms with Crippen LogP contribution >= 0.6 is 21.6 Å². The summed E-state index contributed by atoms with van der Waals surface area (Å²) in [6.45, 7) is 0. The van der Waals surface area contributed by atoms with E-state index < -0.39 is 22.2 Å². The molecule has 110 valence electrons. The highest BCUT2D eigenvalue weighted by Gasteiger charge is 2.07. The maximum absolute atomic E-state index is 10.5. The predicted octanol–water partition coefficient (Wildman–Crippen LogP) is 0.246. The molecule has 6 nitrogen and oxygen atoms in total. The Bertz CT molecular complexity index is 243. The van der Waals surface area contributed by atoms with Gasteiger partial charge in [0.2, 0.25) is 0 Å². The molecule has 4 unspecified atom stereocenters. The molecule has 0 aliphatic carbocycles. The zero-order chi connectivity index (χ0) is 14.0. The van der Waals surface area contributed by atoms with Crippen molar-refractivity contribution in [2.75, 3.05) is 23.0 Å². The SMILES string of the molecule is NC(CCSSCCC(N)CS(=O)O)CS(=O)O. The summed E-state index contributed by atoms with van der Waals surface area (Å²) in [5.74, 6) is 1.84. The third-order valence-corrected chi connectivity index (χ3v) is 5.84. The molecule has 4 atom stereocenters. The monoisotopic (exact) mass is 336 g/mol. The summed E-state index contributed by atoms with van der Waals surface area (Å²) in [4.78, 5) is 0. The highest BCUT2D eigenvalue weighted by Crippen LogP contribution is 2.23. The highest BCUT2D eigenvalue weighted by atomic mass is 33.1. The Kier molecular flexibility index (Phi) is 12.2. The van der Waals surface area contributed by atoms with Crippen LogP contribution in [0.15, 0.2) is 0 Å². The molecule has 0 radical (unpaired) electrons. The van der Waals surface area contributed by atoms with Crippen LogP contribution in [0, 0.1) is 0 Å². The van der Waals surface area contributed by atoms with Crippen LogP contribution in [0.4, 0.5) is 0 Å². The Morgan fingerprint density at radius 3 is 1.50 bits per heavy atom. The second-order valence-electron chi connectivity index (χ2n) is 3.72. The lowest BCUT2D eigenvalue weighted by atomic mass is 10.3. The van der Waals surface area contributed by atoms with Crippen molar-refractivity contribution in [3.8, 4) is 0 Å². The normalized spacial score (nSPS) is 18.2. The molecular formula is C8H20N2O4S4. The Balaban J connectivity index is 3.35. The maximum atomic E-state index is 10.5. The number of hydrogen-bond donors (Lipinski definition) is 4. The van der Waals surface area contributed by atoms with Gasteiger partial charge in [-0.1, -0.05) is 21.6 Å². The molecule has 0 aliphatic rings. The summed E-state index contributed by atoms with van der Waals surface area (Å²) in [5, 5.41) is 0. The van der Waals surface area contributed by atoms with E-state index >= 15 is 0 Å². The van der Waals surface area contributed by atoms with E-state index in [4.69, 9.17) is 20.6 Å². The molecule has 0 heterocycles. The van der Waals surface area contributed by atoms with E-state index in [9.17, 15) is 8.42 Å². The van der Waals surface area contributed by atoms with Crippen molar-refractivity contribution < 1.29 is 17.5 Å². The van der Waals surface area contributed by atoms with Crippen molar-refractivity contribution in [2.45, 2.75) is 24.9 Å². The molecule has 10 heteroatoms. The number of hydrogen-bond acceptors (Lipinski definition) is 6. The highest BCUT2D eigenvalue weighted by molar-refractivity contribution is 8.76. The van der Waals surface area contributed by atoms with Crippen LogP contribution in [0.25, 0.3) is 0 Å². The van der Waals surface area contributed by atoms with Gasteiger partial charge >= 0.3 is 0 Å². The Morgan fingerprint density at radius 2 is 1.22 bits per heavy atom. The molecule has 18 heavy (non-hydrogen) atoms. The molecule has 0 aromatic heterocycles. The van der Waals surface area contributed by atoms with Crippen molar-refractivity contribution in [1.29, 1.82) is 0 Å². The second kappa shape index (κ2) is 11.6. The van der Waals surface area contributed by atoms with Crippen LogP contribution in [0.3, 0.4) is 0 Å². The van der Waals surface area contributed by atoms with Gasteiger partial charge in [-0.05, 0) is 12.8 Å².